The number of aromatic nitrogens is 1. The second-order valence-corrected chi connectivity index (χ2v) is 5.09. The van der Waals surface area contributed by atoms with E-state index in [1.54, 1.807) is 20.0 Å². The zero-order chi connectivity index (χ0) is 15.2. The number of pyridine rings is 1. The molecular weight excluding hydrogens is 256 g/mol. The van der Waals surface area contributed by atoms with E-state index in [0.717, 1.165) is 12.0 Å². The van der Waals surface area contributed by atoms with E-state index in [1.807, 2.05) is 26.8 Å². The molecule has 1 N–H and O–H groups in total. The lowest BCUT2D eigenvalue weighted by Gasteiger charge is -2.24. The molecule has 0 atom stereocenters. The summed E-state index contributed by atoms with van der Waals surface area (Å²) >= 11 is 0. The van der Waals surface area contributed by atoms with Gasteiger partial charge in [-0.1, -0.05) is 6.92 Å². The summed E-state index contributed by atoms with van der Waals surface area (Å²) in [5.41, 5.74) is 0.670. The molecule has 1 amide bonds. The van der Waals surface area contributed by atoms with Gasteiger partial charge in [-0.2, -0.15) is 0 Å². The molecule has 1 aromatic heterocycles. The Morgan fingerprint density at radius 3 is 2.65 bits per heavy atom. The smallest absolute Gasteiger partial charge is 0.256 e. The summed E-state index contributed by atoms with van der Waals surface area (Å²) in [6.45, 7) is 10.4. The number of amides is 1. The SMILES string of the molecule is CCCOC(C)(C)C(=O)Nc1cnc(OCC)c(C)c1. The Balaban J connectivity index is 2.73. The molecule has 0 radical (unpaired) electrons. The van der Waals surface area contributed by atoms with Crippen molar-refractivity contribution in [3.05, 3.63) is 17.8 Å². The second-order valence-electron chi connectivity index (χ2n) is 5.09. The molecule has 20 heavy (non-hydrogen) atoms. The molecule has 112 valence electrons. The van der Waals surface area contributed by atoms with Crippen molar-refractivity contribution in [3.8, 4) is 5.88 Å². The fraction of sp³-hybridized carbons (Fsp3) is 0.600. The first-order chi connectivity index (χ1) is 9.40. The number of nitrogens with zero attached hydrogens (tertiary/aromatic N) is 1. The molecule has 0 saturated heterocycles. The predicted octanol–water partition coefficient (Wildman–Crippen LogP) is 2.93. The maximum Gasteiger partial charge on any atom is 0.256 e. The lowest BCUT2D eigenvalue weighted by atomic mass is 10.1. The lowest BCUT2D eigenvalue weighted by Crippen LogP contribution is -2.40. The van der Waals surface area contributed by atoms with E-state index in [1.165, 1.54) is 0 Å². The Hall–Kier alpha value is -1.62. The van der Waals surface area contributed by atoms with Crippen LogP contribution in [-0.2, 0) is 9.53 Å². The van der Waals surface area contributed by atoms with Crippen molar-refractivity contribution < 1.29 is 14.3 Å². The quantitative estimate of drug-likeness (QED) is 0.834. The molecule has 5 nitrogen and oxygen atoms in total. The summed E-state index contributed by atoms with van der Waals surface area (Å²) in [5.74, 6) is 0.406. The number of carbonyl (C=O) groups is 1. The molecule has 1 aromatic rings. The third-order valence-corrected chi connectivity index (χ3v) is 2.78. The molecule has 0 fully saturated rings. The molecule has 0 aliphatic heterocycles. The zero-order valence-corrected chi connectivity index (χ0v) is 12.9. The summed E-state index contributed by atoms with van der Waals surface area (Å²) in [7, 11) is 0. The predicted molar refractivity (Wildman–Crippen MR) is 79.1 cm³/mol. The molecule has 1 rings (SSSR count). The number of rotatable bonds is 7. The molecule has 0 aliphatic carbocycles. The van der Waals surface area contributed by atoms with E-state index >= 15 is 0 Å². The van der Waals surface area contributed by atoms with Gasteiger partial charge in [0.05, 0.1) is 18.5 Å². The summed E-state index contributed by atoms with van der Waals surface area (Å²) in [4.78, 5) is 16.4. The minimum Gasteiger partial charge on any atom is -0.478 e. The fourth-order valence-electron chi connectivity index (χ4n) is 1.62. The Morgan fingerprint density at radius 1 is 1.40 bits per heavy atom. The molecule has 0 spiro atoms. The molecule has 0 aliphatic rings. The van der Waals surface area contributed by atoms with E-state index in [2.05, 4.69) is 10.3 Å². The van der Waals surface area contributed by atoms with Crippen molar-refractivity contribution in [2.24, 2.45) is 0 Å². The number of aryl methyl sites for hydroxylation is 1. The van der Waals surface area contributed by atoms with Crippen LogP contribution < -0.4 is 10.1 Å². The maximum atomic E-state index is 12.2. The van der Waals surface area contributed by atoms with Crippen LogP contribution in [0.15, 0.2) is 12.3 Å². The molecule has 0 aromatic carbocycles. The average molecular weight is 280 g/mol. The van der Waals surface area contributed by atoms with Crippen LogP contribution in [0.3, 0.4) is 0 Å². The van der Waals surface area contributed by atoms with E-state index in [9.17, 15) is 4.79 Å². The monoisotopic (exact) mass is 280 g/mol. The van der Waals surface area contributed by atoms with E-state index in [4.69, 9.17) is 9.47 Å². The minimum absolute atomic E-state index is 0.184. The van der Waals surface area contributed by atoms with Gasteiger partial charge in [-0.05, 0) is 40.2 Å². The van der Waals surface area contributed by atoms with Crippen LogP contribution in [0.25, 0.3) is 0 Å². The first kappa shape index (κ1) is 16.4. The summed E-state index contributed by atoms with van der Waals surface area (Å²) < 4.78 is 10.9. The Labute approximate surface area is 120 Å². The Morgan fingerprint density at radius 2 is 2.10 bits per heavy atom. The van der Waals surface area contributed by atoms with Crippen LogP contribution in [0.4, 0.5) is 5.69 Å². The van der Waals surface area contributed by atoms with Crippen molar-refractivity contribution in [3.63, 3.8) is 0 Å². The van der Waals surface area contributed by atoms with Crippen molar-refractivity contribution in [1.82, 2.24) is 4.98 Å². The average Bonchev–Trinajstić information content (AvgIpc) is 2.39. The fourth-order valence-corrected chi connectivity index (χ4v) is 1.62. The van der Waals surface area contributed by atoms with Crippen LogP contribution in [0.5, 0.6) is 5.88 Å². The second kappa shape index (κ2) is 7.24. The van der Waals surface area contributed by atoms with E-state index in [-0.39, 0.29) is 5.91 Å². The van der Waals surface area contributed by atoms with Crippen molar-refractivity contribution in [2.45, 2.75) is 46.6 Å². The van der Waals surface area contributed by atoms with E-state index in [0.29, 0.717) is 24.8 Å². The molecule has 1 heterocycles. The topological polar surface area (TPSA) is 60.5 Å². The number of hydrogen-bond acceptors (Lipinski definition) is 4. The van der Waals surface area contributed by atoms with Crippen molar-refractivity contribution in [1.29, 1.82) is 0 Å². The van der Waals surface area contributed by atoms with Gasteiger partial charge in [-0.15, -0.1) is 0 Å². The lowest BCUT2D eigenvalue weighted by molar-refractivity contribution is -0.137. The zero-order valence-electron chi connectivity index (χ0n) is 12.9. The van der Waals surface area contributed by atoms with Crippen molar-refractivity contribution in [2.75, 3.05) is 18.5 Å². The van der Waals surface area contributed by atoms with Crippen LogP contribution in [-0.4, -0.2) is 29.7 Å². The molecule has 5 heteroatoms. The van der Waals surface area contributed by atoms with Gasteiger partial charge in [0.25, 0.3) is 5.91 Å². The highest BCUT2D eigenvalue weighted by Gasteiger charge is 2.28. The first-order valence-corrected chi connectivity index (χ1v) is 6.95. The molecule has 0 unspecified atom stereocenters. The Bertz CT molecular complexity index is 458. The highest BCUT2D eigenvalue weighted by Crippen LogP contribution is 2.20. The maximum absolute atomic E-state index is 12.2. The normalized spacial score (nSPS) is 11.2. The van der Waals surface area contributed by atoms with Gasteiger partial charge < -0.3 is 14.8 Å². The van der Waals surface area contributed by atoms with E-state index < -0.39 is 5.60 Å². The van der Waals surface area contributed by atoms with Gasteiger partial charge in [0.15, 0.2) is 0 Å². The van der Waals surface area contributed by atoms with Gasteiger partial charge in [-0.25, -0.2) is 4.98 Å². The van der Waals surface area contributed by atoms with Gasteiger partial charge in [0, 0.05) is 12.2 Å². The van der Waals surface area contributed by atoms with Crippen LogP contribution in [0.1, 0.15) is 39.7 Å². The Kier molecular flexibility index (Phi) is 5.95. The highest BCUT2D eigenvalue weighted by atomic mass is 16.5. The van der Waals surface area contributed by atoms with Gasteiger partial charge >= 0.3 is 0 Å². The summed E-state index contributed by atoms with van der Waals surface area (Å²) in [6.07, 6.45) is 2.46. The van der Waals surface area contributed by atoms with Gasteiger partial charge in [0.1, 0.15) is 5.60 Å². The largest absolute Gasteiger partial charge is 0.478 e. The number of hydrogen-bond donors (Lipinski definition) is 1. The number of carbonyl (C=O) groups excluding carboxylic acids is 1. The van der Waals surface area contributed by atoms with Gasteiger partial charge in [0.2, 0.25) is 5.88 Å². The van der Waals surface area contributed by atoms with Gasteiger partial charge in [-0.3, -0.25) is 4.79 Å². The molecular formula is C15H24N2O3. The first-order valence-electron chi connectivity index (χ1n) is 6.95. The number of ether oxygens (including phenoxy) is 2. The minimum atomic E-state index is -0.859. The third kappa shape index (κ3) is 4.49. The van der Waals surface area contributed by atoms with Crippen LogP contribution in [0, 0.1) is 6.92 Å². The summed E-state index contributed by atoms with van der Waals surface area (Å²) in [6, 6.07) is 1.84. The van der Waals surface area contributed by atoms with Crippen molar-refractivity contribution >= 4 is 11.6 Å². The number of anilines is 1. The highest BCUT2D eigenvalue weighted by molar-refractivity contribution is 5.96. The summed E-state index contributed by atoms with van der Waals surface area (Å²) in [5, 5.41) is 2.82. The molecule has 0 saturated carbocycles. The standard InChI is InChI=1S/C15H24N2O3/c1-6-8-20-15(4,5)14(18)17-12-9-11(3)13(16-10-12)19-7-2/h9-10H,6-8H2,1-5H3,(H,17,18). The van der Waals surface area contributed by atoms with Crippen LogP contribution in [0.2, 0.25) is 0 Å². The third-order valence-electron chi connectivity index (χ3n) is 2.78. The molecule has 0 bridgehead atoms. The van der Waals surface area contributed by atoms with Crippen LogP contribution >= 0.6 is 0 Å². The number of nitrogens with one attached hydrogen (secondary N) is 1.